The van der Waals surface area contributed by atoms with Crippen molar-refractivity contribution in [3.8, 4) is 0 Å². The minimum Gasteiger partial charge on any atom is -0.463 e. The molecule has 0 amide bonds. The van der Waals surface area contributed by atoms with Crippen molar-refractivity contribution in [2.24, 2.45) is 28.6 Å². The summed E-state index contributed by atoms with van der Waals surface area (Å²) in [6.07, 6.45) is 7.25. The quantitative estimate of drug-likeness (QED) is 0.480. The minimum atomic E-state index is -1.55. The molecule has 8 heteroatoms. The van der Waals surface area contributed by atoms with Crippen molar-refractivity contribution >= 4 is 40.9 Å². The molecule has 0 heterocycles. The highest BCUT2D eigenvalue weighted by Gasteiger charge is 2.71. The zero-order valence-electron chi connectivity index (χ0n) is 18.6. The van der Waals surface area contributed by atoms with Crippen molar-refractivity contribution in [2.75, 3.05) is 6.61 Å². The molecule has 0 unspecified atom stereocenters. The van der Waals surface area contributed by atoms with Crippen molar-refractivity contribution in [2.45, 2.75) is 69.4 Å². The van der Waals surface area contributed by atoms with E-state index in [2.05, 4.69) is 6.92 Å². The number of alkyl halides is 2. The average Bonchev–Trinajstić information content (AvgIpc) is 3.01. The number of aliphatic hydroxyl groups excluding tert-OH is 1. The second-order valence-electron chi connectivity index (χ2n) is 10.0. The van der Waals surface area contributed by atoms with Crippen LogP contribution in [0, 0.1) is 28.6 Å². The van der Waals surface area contributed by atoms with Crippen LogP contribution in [-0.4, -0.2) is 46.0 Å². The van der Waals surface area contributed by atoms with Gasteiger partial charge in [0.15, 0.2) is 5.78 Å². The largest absolute Gasteiger partial charge is 0.463 e. The highest BCUT2D eigenvalue weighted by Crippen LogP contribution is 2.68. The van der Waals surface area contributed by atoms with Crippen LogP contribution in [0.15, 0.2) is 23.8 Å². The van der Waals surface area contributed by atoms with Gasteiger partial charge in [0, 0.05) is 16.7 Å². The highest BCUT2D eigenvalue weighted by molar-refractivity contribution is 6.53. The second-order valence-corrected chi connectivity index (χ2v) is 11.1. The van der Waals surface area contributed by atoms with Crippen LogP contribution < -0.4 is 0 Å². The maximum absolute atomic E-state index is 13.3. The summed E-state index contributed by atoms with van der Waals surface area (Å²) in [4.78, 5) is 36.3. The zero-order chi connectivity index (χ0) is 23.5. The Bertz CT molecular complexity index is 897. The number of ether oxygens (including phenoxy) is 2. The third-order valence-corrected chi connectivity index (χ3v) is 9.03. The lowest BCUT2D eigenvalue weighted by molar-refractivity contribution is -0.212. The first-order valence-electron chi connectivity index (χ1n) is 11.3. The van der Waals surface area contributed by atoms with Crippen LogP contribution >= 0.6 is 23.2 Å². The standard InChI is InChI=1S/C24H30Cl2O6/c1-4-31-21(30)24(32-20(29)19(25)26)10-8-16-15-6-5-13-11-14(27)7-9-22(13,2)18(15)17(28)12-23(16,24)3/h7,9,11,15-19,28H,4-6,8,10,12H2,1-3H3/t15-,16-,17-,18+,22-,23-,24+/m0/s1. The fraction of sp³-hybridized carbons (Fsp3) is 0.708. The van der Waals surface area contributed by atoms with Crippen molar-refractivity contribution in [1.82, 2.24) is 0 Å². The second kappa shape index (κ2) is 8.14. The highest BCUT2D eigenvalue weighted by atomic mass is 35.5. The molecule has 6 nitrogen and oxygen atoms in total. The molecule has 0 bridgehead atoms. The normalized spacial score (nSPS) is 42.6. The smallest absolute Gasteiger partial charge is 0.351 e. The van der Waals surface area contributed by atoms with Gasteiger partial charge < -0.3 is 14.6 Å². The van der Waals surface area contributed by atoms with Gasteiger partial charge in [0.2, 0.25) is 10.4 Å². The lowest BCUT2D eigenvalue weighted by Gasteiger charge is -2.59. The van der Waals surface area contributed by atoms with Gasteiger partial charge in [-0.05, 0) is 63.0 Å². The number of hydrogen-bond acceptors (Lipinski definition) is 6. The SMILES string of the molecule is CCOC(=O)[C@]1(OC(=O)C(Cl)Cl)CC[C@H]2[C@@H]3CCC4=CC(=O)C=C[C@]4(C)[C@H]3[C@@H](O)C[C@@]21C. The van der Waals surface area contributed by atoms with E-state index in [1.165, 1.54) is 0 Å². The molecule has 3 saturated carbocycles. The Morgan fingerprint density at radius 3 is 2.66 bits per heavy atom. The van der Waals surface area contributed by atoms with Crippen LogP contribution in [0.5, 0.6) is 0 Å². The van der Waals surface area contributed by atoms with E-state index in [9.17, 15) is 19.5 Å². The number of esters is 2. The van der Waals surface area contributed by atoms with E-state index in [1.807, 2.05) is 13.0 Å². The predicted octanol–water partition coefficient (Wildman–Crippen LogP) is 3.91. The van der Waals surface area contributed by atoms with E-state index >= 15 is 0 Å². The molecule has 0 aliphatic heterocycles. The van der Waals surface area contributed by atoms with E-state index in [0.717, 1.165) is 18.4 Å². The summed E-state index contributed by atoms with van der Waals surface area (Å²) in [6, 6.07) is 0. The summed E-state index contributed by atoms with van der Waals surface area (Å²) in [5.41, 5.74) is -1.74. The molecule has 1 N–H and O–H groups in total. The molecule has 0 aromatic heterocycles. The van der Waals surface area contributed by atoms with E-state index in [0.29, 0.717) is 12.8 Å². The predicted molar refractivity (Wildman–Crippen MR) is 119 cm³/mol. The molecule has 176 valence electrons. The summed E-state index contributed by atoms with van der Waals surface area (Å²) in [7, 11) is 0. The maximum atomic E-state index is 13.3. The Morgan fingerprint density at radius 2 is 2.00 bits per heavy atom. The molecule has 0 aromatic rings. The summed E-state index contributed by atoms with van der Waals surface area (Å²) in [5, 5.41) is 11.5. The molecule has 0 spiro atoms. The number of allylic oxidation sites excluding steroid dienone is 4. The van der Waals surface area contributed by atoms with Gasteiger partial charge >= 0.3 is 11.9 Å². The summed E-state index contributed by atoms with van der Waals surface area (Å²) >= 11 is 11.5. The van der Waals surface area contributed by atoms with Gasteiger partial charge in [-0.25, -0.2) is 9.59 Å². The van der Waals surface area contributed by atoms with Gasteiger partial charge in [0.1, 0.15) is 0 Å². The number of halogens is 2. The molecule has 4 aliphatic rings. The van der Waals surface area contributed by atoms with Crippen LogP contribution in [0.3, 0.4) is 0 Å². The van der Waals surface area contributed by atoms with E-state index in [4.69, 9.17) is 32.7 Å². The van der Waals surface area contributed by atoms with Crippen LogP contribution in [-0.2, 0) is 23.9 Å². The van der Waals surface area contributed by atoms with E-state index < -0.39 is 39.3 Å². The molecule has 0 aromatic carbocycles. The van der Waals surface area contributed by atoms with Gasteiger partial charge in [-0.3, -0.25) is 4.79 Å². The van der Waals surface area contributed by atoms with Crippen LogP contribution in [0.1, 0.15) is 52.9 Å². The topological polar surface area (TPSA) is 89.9 Å². The number of carbonyl (C=O) groups excluding carboxylic acids is 3. The first-order valence-corrected chi connectivity index (χ1v) is 12.2. The van der Waals surface area contributed by atoms with E-state index in [-0.39, 0.29) is 36.6 Å². The van der Waals surface area contributed by atoms with Gasteiger partial charge in [0.05, 0.1) is 12.7 Å². The van der Waals surface area contributed by atoms with Crippen molar-refractivity contribution in [3.63, 3.8) is 0 Å². The van der Waals surface area contributed by atoms with Gasteiger partial charge in [-0.15, -0.1) is 0 Å². The van der Waals surface area contributed by atoms with Crippen molar-refractivity contribution in [3.05, 3.63) is 23.8 Å². The molecule has 0 radical (unpaired) electrons. The molecule has 4 aliphatic carbocycles. The zero-order valence-corrected chi connectivity index (χ0v) is 20.1. The van der Waals surface area contributed by atoms with Gasteiger partial charge in [-0.2, -0.15) is 0 Å². The van der Waals surface area contributed by atoms with Crippen LogP contribution in [0.4, 0.5) is 0 Å². The van der Waals surface area contributed by atoms with Crippen molar-refractivity contribution < 1.29 is 29.0 Å². The third-order valence-electron chi connectivity index (χ3n) is 8.67. The molecular formula is C24H30Cl2O6. The number of carbonyl (C=O) groups is 3. The molecule has 4 rings (SSSR count). The summed E-state index contributed by atoms with van der Waals surface area (Å²) in [5.74, 6) is -1.47. The minimum absolute atomic E-state index is 0.0168. The summed E-state index contributed by atoms with van der Waals surface area (Å²) in [6.45, 7) is 5.85. The Kier molecular flexibility index (Phi) is 6.05. The Morgan fingerprint density at radius 1 is 1.28 bits per heavy atom. The fourth-order valence-electron chi connectivity index (χ4n) is 7.32. The monoisotopic (exact) mass is 484 g/mol. The van der Waals surface area contributed by atoms with E-state index in [1.54, 1.807) is 19.1 Å². The maximum Gasteiger partial charge on any atom is 0.351 e. The average molecular weight is 485 g/mol. The number of ketones is 1. The Labute approximate surface area is 198 Å². The lowest BCUT2D eigenvalue weighted by atomic mass is 9.46. The fourth-order valence-corrected chi connectivity index (χ4v) is 7.41. The number of fused-ring (bicyclic) bond motifs is 5. The van der Waals surface area contributed by atoms with Gasteiger partial charge in [-0.1, -0.05) is 48.7 Å². The molecule has 0 saturated heterocycles. The van der Waals surface area contributed by atoms with Gasteiger partial charge in [0.25, 0.3) is 0 Å². The number of hydrogen-bond donors (Lipinski definition) is 1. The Balaban J connectivity index is 1.75. The Hall–Kier alpha value is -1.37. The van der Waals surface area contributed by atoms with Crippen LogP contribution in [0.2, 0.25) is 0 Å². The number of aliphatic hydroxyl groups is 1. The molecular weight excluding hydrogens is 455 g/mol. The molecule has 32 heavy (non-hydrogen) atoms. The number of rotatable bonds is 4. The lowest BCUT2D eigenvalue weighted by Crippen LogP contribution is -2.63. The first kappa shape index (κ1) is 23.8. The molecule has 7 atom stereocenters. The van der Waals surface area contributed by atoms with Crippen LogP contribution in [0.25, 0.3) is 0 Å². The third kappa shape index (κ3) is 3.28. The summed E-state index contributed by atoms with van der Waals surface area (Å²) < 4.78 is 11.1. The van der Waals surface area contributed by atoms with Crippen molar-refractivity contribution in [1.29, 1.82) is 0 Å². The first-order chi connectivity index (χ1) is 15.0. The molecule has 3 fully saturated rings.